The first-order chi connectivity index (χ1) is 7.61. The van der Waals surface area contributed by atoms with Crippen molar-refractivity contribution in [1.82, 2.24) is 5.32 Å². The maximum atomic E-state index is 11.3. The van der Waals surface area contributed by atoms with Gasteiger partial charge in [0, 0.05) is 6.54 Å². The third kappa shape index (κ3) is 7.65. The molecule has 4 heteroatoms. The van der Waals surface area contributed by atoms with E-state index < -0.39 is 6.10 Å². The summed E-state index contributed by atoms with van der Waals surface area (Å²) in [6.45, 7) is 7.35. The Balaban J connectivity index is 3.49. The molecule has 0 aromatic rings. The van der Waals surface area contributed by atoms with E-state index in [1.807, 2.05) is 13.8 Å². The molecule has 4 nitrogen and oxygen atoms in total. The molecule has 0 rings (SSSR count). The van der Waals surface area contributed by atoms with Crippen LogP contribution < -0.4 is 5.32 Å². The average molecular weight is 231 g/mol. The standard InChI is InChI=1S/C12H25NO3/c1-4-6-7-13-8-11(14)9-16-12(15)10(3)5-2/h10-11,13-14H,4-9H2,1-3H3. The predicted molar refractivity (Wildman–Crippen MR) is 64.2 cm³/mol. The number of nitrogens with one attached hydrogen (secondary N) is 1. The van der Waals surface area contributed by atoms with Crippen LogP contribution in [0.3, 0.4) is 0 Å². The van der Waals surface area contributed by atoms with Crippen LogP contribution in [-0.4, -0.2) is 36.9 Å². The molecule has 0 saturated carbocycles. The Bertz CT molecular complexity index is 185. The smallest absolute Gasteiger partial charge is 0.308 e. The van der Waals surface area contributed by atoms with Crippen molar-refractivity contribution in [2.45, 2.75) is 46.1 Å². The van der Waals surface area contributed by atoms with Crippen molar-refractivity contribution in [1.29, 1.82) is 0 Å². The van der Waals surface area contributed by atoms with Gasteiger partial charge in [0.1, 0.15) is 12.7 Å². The lowest BCUT2D eigenvalue weighted by atomic mass is 10.1. The second kappa shape index (κ2) is 9.60. The van der Waals surface area contributed by atoms with Gasteiger partial charge in [-0.2, -0.15) is 0 Å². The zero-order valence-electron chi connectivity index (χ0n) is 10.7. The van der Waals surface area contributed by atoms with E-state index in [0.29, 0.717) is 6.54 Å². The number of carbonyl (C=O) groups excluding carboxylic acids is 1. The molecule has 0 radical (unpaired) electrons. The zero-order chi connectivity index (χ0) is 12.4. The average Bonchev–Trinajstić information content (AvgIpc) is 2.30. The molecule has 2 N–H and O–H groups in total. The minimum atomic E-state index is -0.607. The summed E-state index contributed by atoms with van der Waals surface area (Å²) in [4.78, 5) is 11.3. The van der Waals surface area contributed by atoms with Gasteiger partial charge in [0.05, 0.1) is 5.92 Å². The maximum absolute atomic E-state index is 11.3. The van der Waals surface area contributed by atoms with E-state index in [0.717, 1.165) is 25.8 Å². The highest BCUT2D eigenvalue weighted by atomic mass is 16.5. The molecule has 2 unspecified atom stereocenters. The second-order valence-corrected chi connectivity index (χ2v) is 4.15. The lowest BCUT2D eigenvalue weighted by molar-refractivity contribution is -0.150. The van der Waals surface area contributed by atoms with E-state index in [9.17, 15) is 9.90 Å². The number of hydrogen-bond acceptors (Lipinski definition) is 4. The summed E-state index contributed by atoms with van der Waals surface area (Å²) in [7, 11) is 0. The second-order valence-electron chi connectivity index (χ2n) is 4.15. The van der Waals surface area contributed by atoms with Gasteiger partial charge < -0.3 is 15.2 Å². The van der Waals surface area contributed by atoms with Gasteiger partial charge in [0.25, 0.3) is 0 Å². The van der Waals surface area contributed by atoms with Gasteiger partial charge in [0.2, 0.25) is 0 Å². The van der Waals surface area contributed by atoms with Crippen LogP contribution in [-0.2, 0) is 9.53 Å². The van der Waals surface area contributed by atoms with Crippen LogP contribution in [0, 0.1) is 5.92 Å². The molecule has 16 heavy (non-hydrogen) atoms. The molecule has 0 aromatic carbocycles. The molecule has 0 aliphatic carbocycles. The summed E-state index contributed by atoms with van der Waals surface area (Å²) in [6.07, 6.45) is 2.39. The van der Waals surface area contributed by atoms with Crippen molar-refractivity contribution in [3.05, 3.63) is 0 Å². The molecule has 0 bridgehead atoms. The highest BCUT2D eigenvalue weighted by molar-refractivity contribution is 5.71. The molecule has 0 fully saturated rings. The fourth-order valence-corrected chi connectivity index (χ4v) is 1.12. The largest absolute Gasteiger partial charge is 0.463 e. The predicted octanol–water partition coefficient (Wildman–Crippen LogP) is 1.33. The molecule has 0 amide bonds. The first kappa shape index (κ1) is 15.4. The van der Waals surface area contributed by atoms with Crippen LogP contribution in [0.25, 0.3) is 0 Å². The van der Waals surface area contributed by atoms with Crippen molar-refractivity contribution >= 4 is 5.97 Å². The number of ether oxygens (including phenoxy) is 1. The molecule has 96 valence electrons. The quantitative estimate of drug-likeness (QED) is 0.464. The van der Waals surface area contributed by atoms with Crippen LogP contribution in [0.1, 0.15) is 40.0 Å². The third-order valence-corrected chi connectivity index (χ3v) is 2.52. The van der Waals surface area contributed by atoms with Crippen LogP contribution in [0.4, 0.5) is 0 Å². The maximum Gasteiger partial charge on any atom is 0.308 e. The number of esters is 1. The Hall–Kier alpha value is -0.610. The van der Waals surface area contributed by atoms with Crippen molar-refractivity contribution in [3.63, 3.8) is 0 Å². The van der Waals surface area contributed by atoms with Gasteiger partial charge in [0.15, 0.2) is 0 Å². The molecular formula is C12H25NO3. The fourth-order valence-electron chi connectivity index (χ4n) is 1.12. The van der Waals surface area contributed by atoms with E-state index in [1.165, 1.54) is 0 Å². The summed E-state index contributed by atoms with van der Waals surface area (Å²) < 4.78 is 4.98. The molecule has 0 spiro atoms. The highest BCUT2D eigenvalue weighted by Crippen LogP contribution is 2.03. The Labute approximate surface area is 98.4 Å². The van der Waals surface area contributed by atoms with Crippen molar-refractivity contribution in [2.75, 3.05) is 19.7 Å². The minimum Gasteiger partial charge on any atom is -0.463 e. The highest BCUT2D eigenvalue weighted by Gasteiger charge is 2.13. The Morgan fingerprint density at radius 3 is 2.69 bits per heavy atom. The Morgan fingerprint density at radius 2 is 2.12 bits per heavy atom. The van der Waals surface area contributed by atoms with Gasteiger partial charge in [-0.1, -0.05) is 27.2 Å². The lowest BCUT2D eigenvalue weighted by Gasteiger charge is -2.14. The lowest BCUT2D eigenvalue weighted by Crippen LogP contribution is -2.32. The van der Waals surface area contributed by atoms with Gasteiger partial charge in [-0.3, -0.25) is 4.79 Å². The van der Waals surface area contributed by atoms with E-state index in [-0.39, 0.29) is 18.5 Å². The van der Waals surface area contributed by atoms with Gasteiger partial charge in [-0.15, -0.1) is 0 Å². The molecule has 2 atom stereocenters. The van der Waals surface area contributed by atoms with Crippen LogP contribution in [0.5, 0.6) is 0 Å². The Morgan fingerprint density at radius 1 is 1.44 bits per heavy atom. The molecule has 0 aliphatic rings. The van der Waals surface area contributed by atoms with Gasteiger partial charge in [-0.05, 0) is 19.4 Å². The molecule has 0 heterocycles. The minimum absolute atomic E-state index is 0.0831. The van der Waals surface area contributed by atoms with E-state index in [2.05, 4.69) is 12.2 Å². The van der Waals surface area contributed by atoms with Gasteiger partial charge >= 0.3 is 5.97 Å². The van der Waals surface area contributed by atoms with Gasteiger partial charge in [-0.25, -0.2) is 0 Å². The molecular weight excluding hydrogens is 206 g/mol. The number of rotatable bonds is 9. The number of unbranched alkanes of at least 4 members (excludes halogenated alkanes) is 1. The summed E-state index contributed by atoms with van der Waals surface area (Å²) in [5.41, 5.74) is 0. The van der Waals surface area contributed by atoms with E-state index >= 15 is 0 Å². The molecule has 0 aromatic heterocycles. The van der Waals surface area contributed by atoms with E-state index in [1.54, 1.807) is 0 Å². The summed E-state index contributed by atoms with van der Waals surface area (Å²) in [5, 5.41) is 12.6. The van der Waals surface area contributed by atoms with Crippen molar-refractivity contribution < 1.29 is 14.6 Å². The van der Waals surface area contributed by atoms with Crippen LogP contribution in [0.15, 0.2) is 0 Å². The monoisotopic (exact) mass is 231 g/mol. The summed E-state index contributed by atoms with van der Waals surface area (Å²) in [6, 6.07) is 0. The zero-order valence-corrected chi connectivity index (χ0v) is 10.7. The fraction of sp³-hybridized carbons (Fsp3) is 0.917. The number of hydrogen-bond donors (Lipinski definition) is 2. The van der Waals surface area contributed by atoms with Crippen LogP contribution >= 0.6 is 0 Å². The summed E-state index contributed by atoms with van der Waals surface area (Å²) >= 11 is 0. The number of carbonyl (C=O) groups is 1. The molecule has 0 aliphatic heterocycles. The summed E-state index contributed by atoms with van der Waals surface area (Å²) in [5.74, 6) is -0.310. The van der Waals surface area contributed by atoms with E-state index in [4.69, 9.17) is 4.74 Å². The number of aliphatic hydroxyl groups is 1. The normalized spacial score (nSPS) is 14.5. The third-order valence-electron chi connectivity index (χ3n) is 2.52. The van der Waals surface area contributed by atoms with Crippen molar-refractivity contribution in [2.24, 2.45) is 5.92 Å². The van der Waals surface area contributed by atoms with Crippen molar-refractivity contribution in [3.8, 4) is 0 Å². The Kier molecular flexibility index (Phi) is 9.24. The molecule has 0 saturated heterocycles. The first-order valence-electron chi connectivity index (χ1n) is 6.17. The topological polar surface area (TPSA) is 58.6 Å². The number of aliphatic hydroxyl groups excluding tert-OH is 1. The van der Waals surface area contributed by atoms with Crippen LogP contribution in [0.2, 0.25) is 0 Å². The first-order valence-corrected chi connectivity index (χ1v) is 6.17. The SMILES string of the molecule is CCCCNCC(O)COC(=O)C(C)CC.